The van der Waals surface area contributed by atoms with Crippen molar-refractivity contribution in [3.05, 3.63) is 24.3 Å². The SMILES string of the molecule is C1=CCC=C1.CC.CC1CCCN1C. The highest BCUT2D eigenvalue weighted by Gasteiger charge is 2.14. The number of likely N-dealkylation sites (tertiary alicyclic amines) is 1. The lowest BCUT2D eigenvalue weighted by Gasteiger charge is -2.12. The van der Waals surface area contributed by atoms with Crippen molar-refractivity contribution in [2.45, 2.75) is 46.1 Å². The van der Waals surface area contributed by atoms with Crippen LogP contribution in [0, 0.1) is 0 Å². The fourth-order valence-electron chi connectivity index (χ4n) is 1.47. The van der Waals surface area contributed by atoms with E-state index in [1.165, 1.54) is 19.4 Å². The highest BCUT2D eigenvalue weighted by molar-refractivity contribution is 5.11. The monoisotopic (exact) mass is 195 g/mol. The Hall–Kier alpha value is -0.560. The Balaban J connectivity index is 0.000000213. The van der Waals surface area contributed by atoms with Gasteiger partial charge in [0.25, 0.3) is 0 Å². The molecule has 1 aliphatic heterocycles. The molecule has 1 nitrogen and oxygen atoms in total. The molecule has 2 rings (SSSR count). The second-order valence-corrected chi connectivity index (χ2v) is 3.56. The Morgan fingerprint density at radius 1 is 1.14 bits per heavy atom. The molecule has 1 saturated heterocycles. The summed E-state index contributed by atoms with van der Waals surface area (Å²) in [5.41, 5.74) is 0. The Kier molecular flexibility index (Phi) is 8.65. The first-order valence-corrected chi connectivity index (χ1v) is 5.82. The molecule has 2 aliphatic rings. The predicted octanol–water partition coefficient (Wildman–Crippen LogP) is 3.63. The van der Waals surface area contributed by atoms with Crippen molar-refractivity contribution in [1.29, 1.82) is 0 Å². The maximum absolute atomic E-state index is 2.40. The third-order valence-corrected chi connectivity index (χ3v) is 2.54. The molecule has 1 atom stereocenters. The van der Waals surface area contributed by atoms with Gasteiger partial charge in [0.05, 0.1) is 0 Å². The van der Waals surface area contributed by atoms with Crippen molar-refractivity contribution in [1.82, 2.24) is 4.90 Å². The number of allylic oxidation sites excluding steroid dienone is 4. The lowest BCUT2D eigenvalue weighted by Crippen LogP contribution is -2.20. The van der Waals surface area contributed by atoms with Gasteiger partial charge in [0.15, 0.2) is 0 Å². The van der Waals surface area contributed by atoms with E-state index in [4.69, 9.17) is 0 Å². The van der Waals surface area contributed by atoms with Crippen LogP contribution < -0.4 is 0 Å². The second-order valence-electron chi connectivity index (χ2n) is 3.56. The fourth-order valence-corrected chi connectivity index (χ4v) is 1.47. The summed E-state index contributed by atoms with van der Waals surface area (Å²) in [4.78, 5) is 2.40. The van der Waals surface area contributed by atoms with Gasteiger partial charge in [0.2, 0.25) is 0 Å². The Labute approximate surface area is 89.5 Å². The first-order valence-electron chi connectivity index (χ1n) is 5.82. The van der Waals surface area contributed by atoms with Crippen LogP contribution in [-0.4, -0.2) is 24.5 Å². The Morgan fingerprint density at radius 3 is 1.86 bits per heavy atom. The summed E-state index contributed by atoms with van der Waals surface area (Å²) in [6, 6.07) is 0.847. The molecule has 1 aliphatic carbocycles. The molecule has 0 aromatic rings. The molecule has 0 spiro atoms. The molecule has 14 heavy (non-hydrogen) atoms. The van der Waals surface area contributed by atoms with Gasteiger partial charge in [-0.15, -0.1) is 0 Å². The number of hydrogen-bond acceptors (Lipinski definition) is 1. The zero-order chi connectivity index (χ0) is 10.8. The zero-order valence-corrected chi connectivity index (χ0v) is 10.2. The highest BCUT2D eigenvalue weighted by Crippen LogP contribution is 2.12. The van der Waals surface area contributed by atoms with Gasteiger partial charge < -0.3 is 4.90 Å². The number of rotatable bonds is 0. The van der Waals surface area contributed by atoms with Crippen LogP contribution in [0.1, 0.15) is 40.0 Å². The molecular weight excluding hydrogens is 170 g/mol. The van der Waals surface area contributed by atoms with Crippen LogP contribution in [0.3, 0.4) is 0 Å². The number of nitrogens with zero attached hydrogens (tertiary/aromatic N) is 1. The van der Waals surface area contributed by atoms with Crippen LogP contribution >= 0.6 is 0 Å². The fraction of sp³-hybridized carbons (Fsp3) is 0.692. The van der Waals surface area contributed by atoms with Gasteiger partial charge in [-0.3, -0.25) is 0 Å². The smallest absolute Gasteiger partial charge is 0.00643 e. The van der Waals surface area contributed by atoms with Gasteiger partial charge in [-0.1, -0.05) is 38.2 Å². The Morgan fingerprint density at radius 2 is 1.71 bits per heavy atom. The predicted molar refractivity (Wildman–Crippen MR) is 65.6 cm³/mol. The van der Waals surface area contributed by atoms with E-state index in [1.54, 1.807) is 0 Å². The molecule has 0 N–H and O–H groups in total. The van der Waals surface area contributed by atoms with E-state index in [2.05, 4.69) is 43.2 Å². The summed E-state index contributed by atoms with van der Waals surface area (Å²) >= 11 is 0. The standard InChI is InChI=1S/C6H13N.C5H6.C2H6/c1-6-4-3-5-7(6)2;1-2-4-5-3-1;1-2/h6H,3-5H2,1-2H3;1-4H,5H2;1-2H3. The molecule has 0 aromatic carbocycles. The summed E-state index contributed by atoms with van der Waals surface area (Å²) in [6.45, 7) is 7.59. The normalized spacial score (nSPS) is 23.9. The van der Waals surface area contributed by atoms with Crippen LogP contribution in [-0.2, 0) is 0 Å². The molecule has 1 heterocycles. The van der Waals surface area contributed by atoms with Gasteiger partial charge in [-0.05, 0) is 39.8 Å². The van der Waals surface area contributed by atoms with E-state index >= 15 is 0 Å². The lowest BCUT2D eigenvalue weighted by atomic mass is 10.3. The molecule has 1 heteroatoms. The third-order valence-electron chi connectivity index (χ3n) is 2.54. The number of hydrogen-bond donors (Lipinski definition) is 0. The van der Waals surface area contributed by atoms with E-state index in [1.807, 2.05) is 13.8 Å². The molecule has 1 fully saturated rings. The van der Waals surface area contributed by atoms with E-state index < -0.39 is 0 Å². The van der Waals surface area contributed by atoms with Crippen molar-refractivity contribution < 1.29 is 0 Å². The van der Waals surface area contributed by atoms with Crippen molar-refractivity contribution >= 4 is 0 Å². The average molecular weight is 195 g/mol. The minimum atomic E-state index is 0.847. The van der Waals surface area contributed by atoms with Gasteiger partial charge >= 0.3 is 0 Å². The third kappa shape index (κ3) is 5.98. The molecule has 0 bridgehead atoms. The molecular formula is C13H25N. The minimum absolute atomic E-state index is 0.847. The van der Waals surface area contributed by atoms with Gasteiger partial charge in [-0.2, -0.15) is 0 Å². The molecule has 0 aromatic heterocycles. The molecule has 1 unspecified atom stereocenters. The quantitative estimate of drug-likeness (QED) is 0.570. The van der Waals surface area contributed by atoms with Crippen molar-refractivity contribution in [2.24, 2.45) is 0 Å². The summed E-state index contributed by atoms with van der Waals surface area (Å²) in [6.07, 6.45) is 12.3. The molecule has 0 saturated carbocycles. The first kappa shape index (κ1) is 13.4. The summed E-state index contributed by atoms with van der Waals surface area (Å²) in [5, 5.41) is 0. The maximum Gasteiger partial charge on any atom is 0.00643 e. The minimum Gasteiger partial charge on any atom is -0.304 e. The maximum atomic E-state index is 2.40. The van der Waals surface area contributed by atoms with E-state index in [-0.39, 0.29) is 0 Å². The van der Waals surface area contributed by atoms with E-state index in [0.29, 0.717) is 0 Å². The first-order chi connectivity index (χ1) is 6.80. The highest BCUT2D eigenvalue weighted by atomic mass is 15.1. The molecule has 0 amide bonds. The van der Waals surface area contributed by atoms with Crippen LogP contribution in [0.15, 0.2) is 24.3 Å². The van der Waals surface area contributed by atoms with E-state index in [9.17, 15) is 0 Å². The van der Waals surface area contributed by atoms with Crippen molar-refractivity contribution in [3.63, 3.8) is 0 Å². The largest absolute Gasteiger partial charge is 0.304 e. The topological polar surface area (TPSA) is 3.24 Å². The van der Waals surface area contributed by atoms with Gasteiger partial charge in [-0.25, -0.2) is 0 Å². The van der Waals surface area contributed by atoms with Crippen molar-refractivity contribution in [3.8, 4) is 0 Å². The molecule has 82 valence electrons. The van der Waals surface area contributed by atoms with Gasteiger partial charge in [0.1, 0.15) is 0 Å². The zero-order valence-electron chi connectivity index (χ0n) is 10.2. The lowest BCUT2D eigenvalue weighted by molar-refractivity contribution is 0.331. The van der Waals surface area contributed by atoms with Crippen LogP contribution in [0.2, 0.25) is 0 Å². The van der Waals surface area contributed by atoms with Crippen LogP contribution in [0.5, 0.6) is 0 Å². The summed E-state index contributed by atoms with van der Waals surface area (Å²) in [7, 11) is 2.19. The summed E-state index contributed by atoms with van der Waals surface area (Å²) < 4.78 is 0. The average Bonchev–Trinajstić information content (AvgIpc) is 2.86. The van der Waals surface area contributed by atoms with Crippen molar-refractivity contribution in [2.75, 3.05) is 13.6 Å². The van der Waals surface area contributed by atoms with Gasteiger partial charge in [0, 0.05) is 6.04 Å². The molecule has 0 radical (unpaired) electrons. The second kappa shape index (κ2) is 9.01. The Bertz CT molecular complexity index is 152. The van der Waals surface area contributed by atoms with E-state index in [0.717, 1.165) is 12.5 Å². The summed E-state index contributed by atoms with van der Waals surface area (Å²) in [5.74, 6) is 0. The van der Waals surface area contributed by atoms with Crippen LogP contribution in [0.25, 0.3) is 0 Å². The van der Waals surface area contributed by atoms with Crippen LogP contribution in [0.4, 0.5) is 0 Å².